The van der Waals surface area contributed by atoms with Crippen LogP contribution < -0.4 is 10.1 Å². The van der Waals surface area contributed by atoms with Crippen molar-refractivity contribution in [3.8, 4) is 5.75 Å². The van der Waals surface area contributed by atoms with E-state index in [-0.39, 0.29) is 5.75 Å². The van der Waals surface area contributed by atoms with Gasteiger partial charge in [0.25, 0.3) is 0 Å². The summed E-state index contributed by atoms with van der Waals surface area (Å²) in [5.41, 5.74) is 0.898. The number of benzene rings is 1. The van der Waals surface area contributed by atoms with Crippen molar-refractivity contribution >= 4 is 27.3 Å². The van der Waals surface area contributed by atoms with E-state index < -0.39 is 6.36 Å². The van der Waals surface area contributed by atoms with E-state index in [1.54, 1.807) is 23.5 Å². The normalized spacial score (nSPS) is 11.6. The Labute approximate surface area is 126 Å². The fourth-order valence-corrected chi connectivity index (χ4v) is 3.01. The van der Waals surface area contributed by atoms with Gasteiger partial charge in [0, 0.05) is 27.8 Å². The molecule has 2 rings (SSSR count). The average Bonchev–Trinajstić information content (AvgIpc) is 2.75. The standard InChI is InChI=1S/C13H11BrF3NOS/c14-10-5-12(20-8-10)7-18-6-9-1-3-11(4-2-9)19-13(15,16)17/h1-5,8,18H,6-7H2. The third kappa shape index (κ3) is 5.15. The number of thiophene rings is 1. The summed E-state index contributed by atoms with van der Waals surface area (Å²) in [6, 6.07) is 7.87. The van der Waals surface area contributed by atoms with E-state index in [9.17, 15) is 13.2 Å². The van der Waals surface area contributed by atoms with Gasteiger partial charge in [-0.05, 0) is 39.7 Å². The number of hydrogen-bond donors (Lipinski definition) is 1. The van der Waals surface area contributed by atoms with Gasteiger partial charge in [-0.25, -0.2) is 0 Å². The van der Waals surface area contributed by atoms with Crippen molar-refractivity contribution in [3.63, 3.8) is 0 Å². The molecule has 0 aliphatic heterocycles. The summed E-state index contributed by atoms with van der Waals surface area (Å²) in [4.78, 5) is 1.19. The Morgan fingerprint density at radius 2 is 1.85 bits per heavy atom. The van der Waals surface area contributed by atoms with Gasteiger partial charge in [0.2, 0.25) is 0 Å². The van der Waals surface area contributed by atoms with E-state index in [0.717, 1.165) is 16.6 Å². The molecule has 0 unspecified atom stereocenters. The molecule has 0 amide bonds. The first kappa shape index (κ1) is 15.3. The Kier molecular flexibility index (Phi) is 5.06. The summed E-state index contributed by atoms with van der Waals surface area (Å²) in [6.07, 6.45) is -4.65. The molecule has 108 valence electrons. The molecule has 0 aliphatic rings. The van der Waals surface area contributed by atoms with Crippen LogP contribution in [0.1, 0.15) is 10.4 Å². The molecule has 0 fully saturated rings. The van der Waals surface area contributed by atoms with Crippen molar-refractivity contribution in [1.29, 1.82) is 0 Å². The second-order valence-corrected chi connectivity index (χ2v) is 5.94. The van der Waals surface area contributed by atoms with Gasteiger partial charge in [0.15, 0.2) is 0 Å². The minimum Gasteiger partial charge on any atom is -0.406 e. The van der Waals surface area contributed by atoms with Gasteiger partial charge >= 0.3 is 6.36 Å². The van der Waals surface area contributed by atoms with Gasteiger partial charge in [-0.1, -0.05) is 12.1 Å². The van der Waals surface area contributed by atoms with Crippen molar-refractivity contribution in [2.24, 2.45) is 0 Å². The average molecular weight is 366 g/mol. The monoisotopic (exact) mass is 365 g/mol. The third-order valence-corrected chi connectivity index (χ3v) is 4.10. The van der Waals surface area contributed by atoms with Gasteiger partial charge in [-0.15, -0.1) is 24.5 Å². The number of hydrogen-bond acceptors (Lipinski definition) is 3. The smallest absolute Gasteiger partial charge is 0.406 e. The van der Waals surface area contributed by atoms with Gasteiger partial charge in [-0.3, -0.25) is 0 Å². The summed E-state index contributed by atoms with van der Waals surface area (Å²) in [6.45, 7) is 1.30. The topological polar surface area (TPSA) is 21.3 Å². The van der Waals surface area contributed by atoms with Crippen LogP contribution in [0.4, 0.5) is 13.2 Å². The van der Waals surface area contributed by atoms with Crippen molar-refractivity contribution in [3.05, 3.63) is 50.6 Å². The predicted octanol–water partition coefficient (Wildman–Crippen LogP) is 4.70. The van der Waals surface area contributed by atoms with E-state index in [4.69, 9.17) is 0 Å². The highest BCUT2D eigenvalue weighted by atomic mass is 79.9. The lowest BCUT2D eigenvalue weighted by molar-refractivity contribution is -0.274. The Morgan fingerprint density at radius 3 is 2.40 bits per heavy atom. The molecule has 0 bridgehead atoms. The predicted molar refractivity (Wildman–Crippen MR) is 75.7 cm³/mol. The molecule has 1 heterocycles. The molecule has 0 saturated heterocycles. The van der Waals surface area contributed by atoms with Gasteiger partial charge in [-0.2, -0.15) is 0 Å². The molecule has 1 N–H and O–H groups in total. The Bertz CT molecular complexity index is 553. The molecule has 0 spiro atoms. The quantitative estimate of drug-likeness (QED) is 0.829. The molecule has 7 heteroatoms. The first-order valence-corrected chi connectivity index (χ1v) is 7.38. The van der Waals surface area contributed by atoms with Crippen molar-refractivity contribution < 1.29 is 17.9 Å². The minimum atomic E-state index is -4.65. The van der Waals surface area contributed by atoms with Crippen molar-refractivity contribution in [2.75, 3.05) is 0 Å². The van der Waals surface area contributed by atoms with Crippen molar-refractivity contribution in [1.82, 2.24) is 5.32 Å². The Balaban J connectivity index is 1.82. The van der Waals surface area contributed by atoms with Crippen LogP contribution in [0, 0.1) is 0 Å². The number of alkyl halides is 3. The zero-order valence-electron chi connectivity index (χ0n) is 10.2. The van der Waals surface area contributed by atoms with Crippen LogP contribution in [0.25, 0.3) is 0 Å². The minimum absolute atomic E-state index is 0.205. The molecule has 2 nitrogen and oxygen atoms in total. The van der Waals surface area contributed by atoms with E-state index in [2.05, 4.69) is 26.0 Å². The second-order valence-electron chi connectivity index (χ2n) is 4.03. The van der Waals surface area contributed by atoms with E-state index in [0.29, 0.717) is 6.54 Å². The Hall–Kier alpha value is -1.05. The summed E-state index contributed by atoms with van der Waals surface area (Å²) in [5.74, 6) is -0.205. The van der Waals surface area contributed by atoms with Crippen LogP contribution >= 0.6 is 27.3 Å². The number of halogens is 4. The van der Waals surface area contributed by atoms with Crippen LogP contribution in [0.3, 0.4) is 0 Å². The largest absolute Gasteiger partial charge is 0.573 e. The fraction of sp³-hybridized carbons (Fsp3) is 0.231. The number of rotatable bonds is 5. The fourth-order valence-electron chi connectivity index (χ4n) is 1.59. The molecule has 0 atom stereocenters. The molecular weight excluding hydrogens is 355 g/mol. The number of ether oxygens (including phenoxy) is 1. The van der Waals surface area contributed by atoms with Crippen LogP contribution in [0.15, 0.2) is 40.2 Å². The van der Waals surface area contributed by atoms with Crippen LogP contribution in [-0.2, 0) is 13.1 Å². The summed E-state index contributed by atoms with van der Waals surface area (Å²) in [5, 5.41) is 5.23. The highest BCUT2D eigenvalue weighted by Gasteiger charge is 2.30. The van der Waals surface area contributed by atoms with Crippen LogP contribution in [0.5, 0.6) is 5.75 Å². The number of nitrogens with one attached hydrogen (secondary N) is 1. The molecular formula is C13H11BrF3NOS. The van der Waals surface area contributed by atoms with Crippen molar-refractivity contribution in [2.45, 2.75) is 19.5 Å². The van der Waals surface area contributed by atoms with E-state index in [1.807, 2.05) is 11.4 Å². The lowest BCUT2D eigenvalue weighted by Crippen LogP contribution is -2.17. The summed E-state index contributed by atoms with van der Waals surface area (Å²) in [7, 11) is 0. The molecule has 0 aliphatic carbocycles. The SMILES string of the molecule is FC(F)(F)Oc1ccc(CNCc2cc(Br)cs2)cc1. The van der Waals surface area contributed by atoms with Gasteiger partial charge in [0.05, 0.1) is 0 Å². The molecule has 0 radical (unpaired) electrons. The molecule has 1 aromatic carbocycles. The maximum absolute atomic E-state index is 12.0. The third-order valence-electron chi connectivity index (χ3n) is 2.41. The maximum atomic E-state index is 12.0. The molecule has 20 heavy (non-hydrogen) atoms. The van der Waals surface area contributed by atoms with Crippen LogP contribution in [-0.4, -0.2) is 6.36 Å². The van der Waals surface area contributed by atoms with Crippen LogP contribution in [0.2, 0.25) is 0 Å². The van der Waals surface area contributed by atoms with E-state index in [1.165, 1.54) is 17.0 Å². The first-order valence-electron chi connectivity index (χ1n) is 5.71. The summed E-state index contributed by atoms with van der Waals surface area (Å²) < 4.78 is 40.8. The lowest BCUT2D eigenvalue weighted by atomic mass is 10.2. The zero-order valence-corrected chi connectivity index (χ0v) is 12.6. The highest BCUT2D eigenvalue weighted by molar-refractivity contribution is 9.10. The summed E-state index contributed by atoms with van der Waals surface area (Å²) >= 11 is 5.02. The second kappa shape index (κ2) is 6.60. The molecule has 2 aromatic rings. The van der Waals surface area contributed by atoms with Gasteiger partial charge < -0.3 is 10.1 Å². The van der Waals surface area contributed by atoms with E-state index >= 15 is 0 Å². The molecule has 1 aromatic heterocycles. The first-order chi connectivity index (χ1) is 9.42. The maximum Gasteiger partial charge on any atom is 0.573 e. The highest BCUT2D eigenvalue weighted by Crippen LogP contribution is 2.23. The zero-order chi connectivity index (χ0) is 14.6. The van der Waals surface area contributed by atoms with Gasteiger partial charge in [0.1, 0.15) is 5.75 Å². The molecule has 0 saturated carbocycles. The lowest BCUT2D eigenvalue weighted by Gasteiger charge is -2.09. The Morgan fingerprint density at radius 1 is 1.15 bits per heavy atom.